The van der Waals surface area contributed by atoms with Gasteiger partial charge >= 0.3 is 0 Å². The highest BCUT2D eigenvalue weighted by atomic mass is 16.5. The highest BCUT2D eigenvalue weighted by molar-refractivity contribution is 5.17. The molecule has 0 spiro atoms. The molecule has 1 aromatic rings. The summed E-state index contributed by atoms with van der Waals surface area (Å²) in [5, 5.41) is 7.57. The van der Waals surface area contributed by atoms with Crippen LogP contribution in [0.1, 0.15) is 18.4 Å². The maximum absolute atomic E-state index is 5.66. The van der Waals surface area contributed by atoms with Crippen LogP contribution in [0.15, 0.2) is 12.4 Å². The standard InChI is InChI=1S/C10H17N3O/c1-13-7-9(6-12-13)10(14-2)4-3-5-11-8-10/h6-7,11H,3-5,8H2,1-2H3. The highest BCUT2D eigenvalue weighted by Gasteiger charge is 2.34. The first-order valence-electron chi connectivity index (χ1n) is 5.02. The third kappa shape index (κ3) is 1.55. The molecule has 0 saturated carbocycles. The van der Waals surface area contributed by atoms with Crippen molar-refractivity contribution in [2.24, 2.45) is 7.05 Å². The molecule has 1 aromatic heterocycles. The number of methoxy groups -OCH3 is 1. The number of piperidine rings is 1. The lowest BCUT2D eigenvalue weighted by Gasteiger charge is -2.35. The second kappa shape index (κ2) is 3.71. The van der Waals surface area contributed by atoms with Crippen molar-refractivity contribution in [1.29, 1.82) is 0 Å². The van der Waals surface area contributed by atoms with Crippen LogP contribution < -0.4 is 5.32 Å². The van der Waals surface area contributed by atoms with Gasteiger partial charge in [-0.05, 0) is 19.4 Å². The van der Waals surface area contributed by atoms with Crippen LogP contribution in [0.5, 0.6) is 0 Å². The molecule has 4 nitrogen and oxygen atoms in total. The molecule has 4 heteroatoms. The Morgan fingerprint density at radius 2 is 2.50 bits per heavy atom. The van der Waals surface area contributed by atoms with Gasteiger partial charge in [-0.3, -0.25) is 4.68 Å². The third-order valence-electron chi connectivity index (χ3n) is 2.97. The van der Waals surface area contributed by atoms with E-state index in [1.54, 1.807) is 7.11 Å². The summed E-state index contributed by atoms with van der Waals surface area (Å²) in [4.78, 5) is 0. The van der Waals surface area contributed by atoms with Crippen LogP contribution in [0.2, 0.25) is 0 Å². The van der Waals surface area contributed by atoms with E-state index in [1.165, 1.54) is 5.56 Å². The monoisotopic (exact) mass is 195 g/mol. The van der Waals surface area contributed by atoms with Crippen LogP contribution in [0, 0.1) is 0 Å². The van der Waals surface area contributed by atoms with E-state index in [2.05, 4.69) is 10.4 Å². The molecule has 1 aliphatic heterocycles. The summed E-state index contributed by atoms with van der Waals surface area (Å²) in [6.07, 6.45) is 6.16. The minimum absolute atomic E-state index is 0.160. The number of hydrogen-bond donors (Lipinski definition) is 1. The molecule has 0 bridgehead atoms. The summed E-state index contributed by atoms with van der Waals surface area (Å²) >= 11 is 0. The number of aromatic nitrogens is 2. The maximum atomic E-state index is 5.66. The van der Waals surface area contributed by atoms with Gasteiger partial charge in [0.25, 0.3) is 0 Å². The lowest BCUT2D eigenvalue weighted by atomic mass is 9.88. The first-order chi connectivity index (χ1) is 6.77. The van der Waals surface area contributed by atoms with Gasteiger partial charge in [-0.25, -0.2) is 0 Å². The molecule has 14 heavy (non-hydrogen) atoms. The summed E-state index contributed by atoms with van der Waals surface area (Å²) in [6.45, 7) is 1.97. The molecule has 78 valence electrons. The fourth-order valence-electron chi connectivity index (χ4n) is 2.07. The average Bonchev–Trinajstić information content (AvgIpc) is 2.66. The molecule has 1 aliphatic rings. The van der Waals surface area contributed by atoms with Gasteiger partial charge in [-0.1, -0.05) is 0 Å². The Morgan fingerprint density at radius 3 is 3.00 bits per heavy atom. The van der Waals surface area contributed by atoms with Crippen LogP contribution >= 0.6 is 0 Å². The van der Waals surface area contributed by atoms with Crippen molar-refractivity contribution in [3.8, 4) is 0 Å². The first-order valence-corrected chi connectivity index (χ1v) is 5.02. The summed E-state index contributed by atoms with van der Waals surface area (Å²) < 4.78 is 7.49. The van der Waals surface area contributed by atoms with E-state index in [-0.39, 0.29) is 5.60 Å². The van der Waals surface area contributed by atoms with Crippen molar-refractivity contribution in [2.75, 3.05) is 20.2 Å². The van der Waals surface area contributed by atoms with Crippen molar-refractivity contribution in [3.05, 3.63) is 18.0 Å². The van der Waals surface area contributed by atoms with Crippen LogP contribution in [-0.2, 0) is 17.4 Å². The molecule has 2 rings (SSSR count). The minimum Gasteiger partial charge on any atom is -0.372 e. The van der Waals surface area contributed by atoms with Gasteiger partial charge in [0.05, 0.1) is 6.20 Å². The molecule has 2 heterocycles. The summed E-state index contributed by atoms with van der Waals surface area (Å²) in [5.74, 6) is 0. The number of rotatable bonds is 2. The number of aryl methyl sites for hydroxylation is 1. The van der Waals surface area contributed by atoms with Gasteiger partial charge in [-0.15, -0.1) is 0 Å². The topological polar surface area (TPSA) is 39.1 Å². The van der Waals surface area contributed by atoms with Gasteiger partial charge in [-0.2, -0.15) is 5.10 Å². The molecular formula is C10H17N3O. The lowest BCUT2D eigenvalue weighted by Crippen LogP contribution is -2.44. The number of ether oxygens (including phenoxy) is 1. The van der Waals surface area contributed by atoms with E-state index in [1.807, 2.05) is 24.1 Å². The van der Waals surface area contributed by atoms with E-state index < -0.39 is 0 Å². The largest absolute Gasteiger partial charge is 0.372 e. The van der Waals surface area contributed by atoms with E-state index in [0.29, 0.717) is 0 Å². The number of nitrogens with one attached hydrogen (secondary N) is 1. The second-order valence-electron chi connectivity index (χ2n) is 3.88. The Morgan fingerprint density at radius 1 is 1.64 bits per heavy atom. The zero-order valence-corrected chi connectivity index (χ0v) is 8.79. The first kappa shape index (κ1) is 9.68. The van der Waals surface area contributed by atoms with E-state index in [9.17, 15) is 0 Å². The quantitative estimate of drug-likeness (QED) is 0.753. The second-order valence-corrected chi connectivity index (χ2v) is 3.88. The van der Waals surface area contributed by atoms with Crippen molar-refractivity contribution < 1.29 is 4.74 Å². The molecule has 0 radical (unpaired) electrons. The van der Waals surface area contributed by atoms with Crippen molar-refractivity contribution in [1.82, 2.24) is 15.1 Å². The predicted octanol–water partition coefficient (Wildman–Crippen LogP) is 0.645. The average molecular weight is 195 g/mol. The van der Waals surface area contributed by atoms with Crippen LogP contribution in [0.3, 0.4) is 0 Å². The summed E-state index contributed by atoms with van der Waals surface area (Å²) in [5.41, 5.74) is 1.02. The molecule has 0 aliphatic carbocycles. The van der Waals surface area contributed by atoms with Crippen molar-refractivity contribution in [3.63, 3.8) is 0 Å². The summed E-state index contributed by atoms with van der Waals surface area (Å²) in [7, 11) is 3.71. The normalized spacial score (nSPS) is 27.9. The minimum atomic E-state index is -0.160. The van der Waals surface area contributed by atoms with Crippen LogP contribution in [0.25, 0.3) is 0 Å². The zero-order chi connectivity index (χ0) is 10.0. The SMILES string of the molecule is COC1(c2cnn(C)c2)CCCNC1. The molecule has 1 fully saturated rings. The number of hydrogen-bond acceptors (Lipinski definition) is 3. The molecule has 1 N–H and O–H groups in total. The van der Waals surface area contributed by atoms with Gasteiger partial charge in [0, 0.05) is 32.5 Å². The molecule has 1 saturated heterocycles. The highest BCUT2D eigenvalue weighted by Crippen LogP contribution is 2.31. The van der Waals surface area contributed by atoms with Gasteiger partial charge in [0.2, 0.25) is 0 Å². The fourth-order valence-corrected chi connectivity index (χ4v) is 2.07. The molecule has 0 amide bonds. The Kier molecular flexibility index (Phi) is 2.56. The fraction of sp³-hybridized carbons (Fsp3) is 0.700. The number of nitrogens with zero attached hydrogens (tertiary/aromatic N) is 2. The Hall–Kier alpha value is -0.870. The molecular weight excluding hydrogens is 178 g/mol. The maximum Gasteiger partial charge on any atom is 0.108 e. The molecule has 1 unspecified atom stereocenters. The van der Waals surface area contributed by atoms with Crippen molar-refractivity contribution >= 4 is 0 Å². The third-order valence-corrected chi connectivity index (χ3v) is 2.97. The predicted molar refractivity (Wildman–Crippen MR) is 54.0 cm³/mol. The summed E-state index contributed by atoms with van der Waals surface area (Å²) in [6, 6.07) is 0. The molecule has 1 atom stereocenters. The van der Waals surface area contributed by atoms with Gasteiger partial charge in [0.1, 0.15) is 5.60 Å². The van der Waals surface area contributed by atoms with Crippen LogP contribution in [-0.4, -0.2) is 30.0 Å². The zero-order valence-electron chi connectivity index (χ0n) is 8.79. The van der Waals surface area contributed by atoms with E-state index >= 15 is 0 Å². The van der Waals surface area contributed by atoms with E-state index in [4.69, 9.17) is 4.74 Å². The lowest BCUT2D eigenvalue weighted by molar-refractivity contribution is -0.0333. The Balaban J connectivity index is 2.26. The molecule has 0 aromatic carbocycles. The van der Waals surface area contributed by atoms with E-state index in [0.717, 1.165) is 25.9 Å². The van der Waals surface area contributed by atoms with Gasteiger partial charge < -0.3 is 10.1 Å². The van der Waals surface area contributed by atoms with Crippen LogP contribution in [0.4, 0.5) is 0 Å². The smallest absolute Gasteiger partial charge is 0.108 e. The van der Waals surface area contributed by atoms with Gasteiger partial charge in [0.15, 0.2) is 0 Å². The van der Waals surface area contributed by atoms with Crippen molar-refractivity contribution in [2.45, 2.75) is 18.4 Å². The Labute approximate surface area is 84.3 Å². The Bertz CT molecular complexity index is 302.